The normalized spacial score (nSPS) is 12.7. The summed E-state index contributed by atoms with van der Waals surface area (Å²) in [5.74, 6) is 0. The van der Waals surface area contributed by atoms with Gasteiger partial charge in [-0.2, -0.15) is 0 Å². The van der Waals surface area contributed by atoms with Gasteiger partial charge in [-0.3, -0.25) is 0 Å². The van der Waals surface area contributed by atoms with Crippen molar-refractivity contribution in [1.82, 2.24) is 0 Å². The van der Waals surface area contributed by atoms with Gasteiger partial charge in [-0.25, -0.2) is 0 Å². The molecule has 1 unspecified atom stereocenters. The highest BCUT2D eigenvalue weighted by molar-refractivity contribution is 14.1. The van der Waals surface area contributed by atoms with E-state index in [2.05, 4.69) is 59.0 Å². The molecule has 0 saturated carbocycles. The molecule has 1 heterocycles. The summed E-state index contributed by atoms with van der Waals surface area (Å²) in [6, 6.07) is 12.9. The summed E-state index contributed by atoms with van der Waals surface area (Å²) in [4.78, 5) is 2.53. The van der Waals surface area contributed by atoms with Gasteiger partial charge in [0.2, 0.25) is 0 Å². The summed E-state index contributed by atoms with van der Waals surface area (Å²) >= 11 is 4.11. The minimum Gasteiger partial charge on any atom is -0.324 e. The van der Waals surface area contributed by atoms with E-state index < -0.39 is 0 Å². The van der Waals surface area contributed by atoms with Crippen molar-refractivity contribution in [3.63, 3.8) is 0 Å². The molecule has 0 saturated heterocycles. The van der Waals surface area contributed by atoms with Crippen molar-refractivity contribution >= 4 is 33.9 Å². The van der Waals surface area contributed by atoms with Crippen LogP contribution in [0, 0.1) is 3.57 Å². The molecule has 2 N–H and O–H groups in total. The molecule has 2 rings (SSSR count). The van der Waals surface area contributed by atoms with Gasteiger partial charge in [0.25, 0.3) is 0 Å². The van der Waals surface area contributed by atoms with E-state index in [1.54, 1.807) is 11.3 Å². The molecule has 0 aliphatic heterocycles. The monoisotopic (exact) mass is 329 g/mol. The van der Waals surface area contributed by atoms with E-state index in [4.69, 9.17) is 5.73 Å². The second-order valence-corrected chi connectivity index (χ2v) is 5.86. The summed E-state index contributed by atoms with van der Waals surface area (Å²) in [6.45, 7) is 2.02. The van der Waals surface area contributed by atoms with Crippen molar-refractivity contribution in [2.24, 2.45) is 5.73 Å². The minimum atomic E-state index is 0.131. The molecule has 0 radical (unpaired) electrons. The van der Waals surface area contributed by atoms with Gasteiger partial charge in [-0.05, 0) is 59.3 Å². The fourth-order valence-corrected chi connectivity index (χ4v) is 2.89. The van der Waals surface area contributed by atoms with E-state index in [0.29, 0.717) is 0 Å². The Kier molecular flexibility index (Phi) is 3.43. The lowest BCUT2D eigenvalue weighted by molar-refractivity contribution is 0.838. The van der Waals surface area contributed by atoms with Crippen LogP contribution in [0.5, 0.6) is 0 Å². The van der Waals surface area contributed by atoms with Crippen LogP contribution in [0.25, 0.3) is 10.4 Å². The van der Waals surface area contributed by atoms with E-state index in [1.807, 2.05) is 6.92 Å². The zero-order valence-corrected chi connectivity index (χ0v) is 11.4. The molecule has 3 heteroatoms. The topological polar surface area (TPSA) is 26.0 Å². The second-order valence-electron chi connectivity index (χ2n) is 3.50. The number of thiophene rings is 1. The fraction of sp³-hybridized carbons (Fsp3) is 0.167. The predicted molar refractivity (Wildman–Crippen MR) is 75.1 cm³/mol. The molecule has 1 nitrogen and oxygen atoms in total. The first kappa shape index (κ1) is 11.1. The standard InChI is InChI=1S/C12H12INS/c1-8(14)11-5-6-12(15-11)9-3-2-4-10(13)7-9/h2-8H,14H2,1H3. The molecule has 1 atom stereocenters. The Morgan fingerprint density at radius 2 is 2.07 bits per heavy atom. The zero-order chi connectivity index (χ0) is 10.8. The quantitative estimate of drug-likeness (QED) is 0.827. The maximum Gasteiger partial charge on any atom is 0.0361 e. The second kappa shape index (κ2) is 4.63. The Bertz CT molecular complexity index is 462. The molecule has 0 aliphatic carbocycles. The van der Waals surface area contributed by atoms with E-state index in [1.165, 1.54) is 18.9 Å². The number of halogens is 1. The number of nitrogens with two attached hydrogens (primary N) is 1. The molecule has 78 valence electrons. The maximum absolute atomic E-state index is 5.84. The SMILES string of the molecule is CC(N)c1ccc(-c2cccc(I)c2)s1. The fourth-order valence-electron chi connectivity index (χ4n) is 1.39. The van der Waals surface area contributed by atoms with Crippen molar-refractivity contribution in [2.75, 3.05) is 0 Å². The molecule has 2 aromatic rings. The van der Waals surface area contributed by atoms with Crippen LogP contribution in [0.4, 0.5) is 0 Å². The lowest BCUT2D eigenvalue weighted by atomic mass is 10.2. The Hall–Kier alpha value is -0.390. The van der Waals surface area contributed by atoms with Gasteiger partial charge in [-0.15, -0.1) is 11.3 Å². The first-order chi connectivity index (χ1) is 7.16. The van der Waals surface area contributed by atoms with Crippen LogP contribution in [-0.4, -0.2) is 0 Å². The van der Waals surface area contributed by atoms with Crippen molar-refractivity contribution in [3.8, 4) is 10.4 Å². The molecule has 0 fully saturated rings. The van der Waals surface area contributed by atoms with Crippen LogP contribution >= 0.6 is 33.9 Å². The highest BCUT2D eigenvalue weighted by atomic mass is 127. The molecular weight excluding hydrogens is 317 g/mol. The predicted octanol–water partition coefficient (Wildman–Crippen LogP) is 4.04. The largest absolute Gasteiger partial charge is 0.324 e. The lowest BCUT2D eigenvalue weighted by Crippen LogP contribution is -2.01. The Morgan fingerprint density at radius 3 is 2.67 bits per heavy atom. The summed E-state index contributed by atoms with van der Waals surface area (Å²) in [5.41, 5.74) is 7.12. The van der Waals surface area contributed by atoms with E-state index >= 15 is 0 Å². The van der Waals surface area contributed by atoms with Gasteiger partial charge in [0.05, 0.1) is 0 Å². The van der Waals surface area contributed by atoms with Gasteiger partial charge < -0.3 is 5.73 Å². The first-order valence-corrected chi connectivity index (χ1v) is 6.67. The third kappa shape index (κ3) is 2.59. The number of hydrogen-bond donors (Lipinski definition) is 1. The number of hydrogen-bond acceptors (Lipinski definition) is 2. The third-order valence-corrected chi connectivity index (χ3v) is 4.19. The van der Waals surface area contributed by atoms with Gasteiger partial charge in [0.15, 0.2) is 0 Å². The zero-order valence-electron chi connectivity index (χ0n) is 8.41. The summed E-state index contributed by atoms with van der Waals surface area (Å²) in [5, 5.41) is 0. The summed E-state index contributed by atoms with van der Waals surface area (Å²) in [6.07, 6.45) is 0. The molecule has 15 heavy (non-hydrogen) atoms. The van der Waals surface area contributed by atoms with Crippen molar-refractivity contribution < 1.29 is 0 Å². The van der Waals surface area contributed by atoms with Gasteiger partial charge >= 0.3 is 0 Å². The van der Waals surface area contributed by atoms with Crippen molar-refractivity contribution in [1.29, 1.82) is 0 Å². The van der Waals surface area contributed by atoms with E-state index in [0.717, 1.165) is 0 Å². The molecule has 1 aromatic carbocycles. The highest BCUT2D eigenvalue weighted by Gasteiger charge is 2.05. The van der Waals surface area contributed by atoms with Gasteiger partial charge in [0, 0.05) is 19.4 Å². The van der Waals surface area contributed by atoms with Crippen LogP contribution in [0.3, 0.4) is 0 Å². The average molecular weight is 329 g/mol. The van der Waals surface area contributed by atoms with E-state index in [9.17, 15) is 0 Å². The average Bonchev–Trinajstić information content (AvgIpc) is 2.66. The molecule has 0 aliphatic rings. The van der Waals surface area contributed by atoms with Crippen LogP contribution in [0.2, 0.25) is 0 Å². The van der Waals surface area contributed by atoms with Crippen LogP contribution in [0.1, 0.15) is 17.8 Å². The summed E-state index contributed by atoms with van der Waals surface area (Å²) in [7, 11) is 0. The smallest absolute Gasteiger partial charge is 0.0361 e. The highest BCUT2D eigenvalue weighted by Crippen LogP contribution is 2.31. The third-order valence-electron chi connectivity index (χ3n) is 2.18. The van der Waals surface area contributed by atoms with Crippen LogP contribution < -0.4 is 5.73 Å². The molecule has 0 spiro atoms. The lowest BCUT2D eigenvalue weighted by Gasteiger charge is -2.00. The Morgan fingerprint density at radius 1 is 1.27 bits per heavy atom. The van der Waals surface area contributed by atoms with Crippen LogP contribution in [0.15, 0.2) is 36.4 Å². The van der Waals surface area contributed by atoms with Crippen molar-refractivity contribution in [3.05, 3.63) is 44.8 Å². The molecule has 0 bridgehead atoms. The maximum atomic E-state index is 5.84. The summed E-state index contributed by atoms with van der Waals surface area (Å²) < 4.78 is 1.26. The van der Waals surface area contributed by atoms with Crippen molar-refractivity contribution in [2.45, 2.75) is 13.0 Å². The van der Waals surface area contributed by atoms with Gasteiger partial charge in [0.1, 0.15) is 0 Å². The van der Waals surface area contributed by atoms with E-state index in [-0.39, 0.29) is 6.04 Å². The van der Waals surface area contributed by atoms with Crippen LogP contribution in [-0.2, 0) is 0 Å². The molecule has 0 amide bonds. The Labute approximate surface area is 107 Å². The Balaban J connectivity index is 2.37. The first-order valence-electron chi connectivity index (χ1n) is 4.78. The molecular formula is C12H12INS. The molecule has 1 aromatic heterocycles. The van der Waals surface area contributed by atoms with Gasteiger partial charge in [-0.1, -0.05) is 12.1 Å². The minimum absolute atomic E-state index is 0.131. The number of rotatable bonds is 2. The number of benzene rings is 1.